The van der Waals surface area contributed by atoms with Crippen molar-refractivity contribution in [3.05, 3.63) is 0 Å². The van der Waals surface area contributed by atoms with E-state index in [1.54, 1.807) is 0 Å². The van der Waals surface area contributed by atoms with Gasteiger partial charge in [0.15, 0.2) is 0 Å². The molecule has 0 spiro atoms. The Morgan fingerprint density at radius 3 is 2.75 bits per heavy atom. The summed E-state index contributed by atoms with van der Waals surface area (Å²) in [7, 11) is 0. The highest BCUT2D eigenvalue weighted by Crippen LogP contribution is 2.28. The van der Waals surface area contributed by atoms with E-state index in [-0.39, 0.29) is 12.0 Å². The highest BCUT2D eigenvalue weighted by molar-refractivity contribution is 4.87. The van der Waals surface area contributed by atoms with Crippen molar-refractivity contribution in [3.63, 3.8) is 0 Å². The lowest BCUT2D eigenvalue weighted by Crippen LogP contribution is -2.44. The van der Waals surface area contributed by atoms with Crippen molar-refractivity contribution in [1.82, 2.24) is 4.90 Å². The third-order valence-electron chi connectivity index (χ3n) is 3.42. The third kappa shape index (κ3) is 4.01. The lowest BCUT2D eigenvalue weighted by Gasteiger charge is -2.33. The molecule has 16 heavy (non-hydrogen) atoms. The Labute approximate surface area is 98.8 Å². The van der Waals surface area contributed by atoms with E-state index in [1.165, 1.54) is 12.8 Å². The number of hydrogen-bond donors (Lipinski definition) is 2. The largest absolute Gasteiger partial charge is 0.395 e. The Morgan fingerprint density at radius 2 is 2.25 bits per heavy atom. The van der Waals surface area contributed by atoms with Crippen molar-refractivity contribution in [2.45, 2.75) is 26.2 Å². The average molecular weight is 230 g/mol. The maximum absolute atomic E-state index is 9.06. The molecule has 1 atom stereocenters. The van der Waals surface area contributed by atoms with Gasteiger partial charge in [-0.15, -0.1) is 0 Å². The predicted octanol–water partition coefficient (Wildman–Crippen LogP) is 0.446. The Hall–Kier alpha value is -0.160. The van der Waals surface area contributed by atoms with E-state index in [1.807, 2.05) is 0 Å². The summed E-state index contributed by atoms with van der Waals surface area (Å²) < 4.78 is 5.47. The van der Waals surface area contributed by atoms with Crippen LogP contribution in [-0.4, -0.2) is 56.0 Å². The molecule has 96 valence electrons. The quantitative estimate of drug-likeness (QED) is 0.635. The van der Waals surface area contributed by atoms with Gasteiger partial charge in [-0.05, 0) is 19.4 Å². The van der Waals surface area contributed by atoms with Crippen LogP contribution in [0.25, 0.3) is 0 Å². The maximum atomic E-state index is 9.06. The smallest absolute Gasteiger partial charge is 0.0558 e. The number of aliphatic hydroxyl groups is 1. The molecule has 0 aromatic carbocycles. The van der Waals surface area contributed by atoms with Gasteiger partial charge in [0, 0.05) is 31.7 Å². The molecule has 1 fully saturated rings. The summed E-state index contributed by atoms with van der Waals surface area (Å²) >= 11 is 0. The van der Waals surface area contributed by atoms with Gasteiger partial charge in [0.05, 0.1) is 13.2 Å². The van der Waals surface area contributed by atoms with E-state index in [0.717, 1.165) is 39.3 Å². The molecule has 0 aromatic heterocycles. The molecule has 3 N–H and O–H groups in total. The first-order valence-electron chi connectivity index (χ1n) is 6.37. The van der Waals surface area contributed by atoms with Crippen molar-refractivity contribution in [1.29, 1.82) is 0 Å². The van der Waals surface area contributed by atoms with Crippen LogP contribution in [0.3, 0.4) is 0 Å². The Morgan fingerprint density at radius 1 is 1.44 bits per heavy atom. The van der Waals surface area contributed by atoms with Crippen LogP contribution in [-0.2, 0) is 4.74 Å². The van der Waals surface area contributed by atoms with E-state index in [2.05, 4.69) is 11.8 Å². The minimum atomic E-state index is 0.128. The highest BCUT2D eigenvalue weighted by atomic mass is 16.5. The number of nitrogens with two attached hydrogens (primary N) is 1. The predicted molar refractivity (Wildman–Crippen MR) is 65.4 cm³/mol. The fourth-order valence-corrected chi connectivity index (χ4v) is 2.27. The fourth-order valence-electron chi connectivity index (χ4n) is 2.27. The number of hydrogen-bond acceptors (Lipinski definition) is 4. The van der Waals surface area contributed by atoms with Gasteiger partial charge >= 0.3 is 0 Å². The monoisotopic (exact) mass is 230 g/mol. The van der Waals surface area contributed by atoms with Gasteiger partial charge in [-0.25, -0.2) is 0 Å². The lowest BCUT2D eigenvalue weighted by atomic mass is 9.86. The summed E-state index contributed by atoms with van der Waals surface area (Å²) in [5, 5.41) is 9.06. The van der Waals surface area contributed by atoms with E-state index < -0.39 is 0 Å². The van der Waals surface area contributed by atoms with Gasteiger partial charge in [-0.2, -0.15) is 0 Å². The topological polar surface area (TPSA) is 58.7 Å². The molecule has 4 heteroatoms. The van der Waals surface area contributed by atoms with E-state index in [4.69, 9.17) is 15.6 Å². The van der Waals surface area contributed by atoms with Gasteiger partial charge < -0.3 is 20.5 Å². The second-order valence-corrected chi connectivity index (χ2v) is 4.86. The Kier molecular flexibility index (Phi) is 6.28. The van der Waals surface area contributed by atoms with Crippen LogP contribution in [0.15, 0.2) is 0 Å². The molecular weight excluding hydrogens is 204 g/mol. The SMILES string of the molecule is CCCCN(CCO)CC1(CN)CCOC1. The van der Waals surface area contributed by atoms with Gasteiger partial charge in [0.1, 0.15) is 0 Å². The molecule has 1 rings (SSSR count). The van der Waals surface area contributed by atoms with Crippen LogP contribution in [0, 0.1) is 5.41 Å². The standard InChI is InChI=1S/C12H26N2O2/c1-2-3-5-14(6-7-15)10-12(9-13)4-8-16-11-12/h15H,2-11,13H2,1H3. The van der Waals surface area contributed by atoms with E-state index in [9.17, 15) is 0 Å². The van der Waals surface area contributed by atoms with Crippen molar-refractivity contribution in [2.24, 2.45) is 11.1 Å². The summed E-state index contributed by atoms with van der Waals surface area (Å²) in [5.74, 6) is 0. The fraction of sp³-hybridized carbons (Fsp3) is 1.00. The molecule has 0 radical (unpaired) electrons. The second-order valence-electron chi connectivity index (χ2n) is 4.86. The zero-order chi connectivity index (χ0) is 11.9. The molecule has 1 aliphatic heterocycles. The highest BCUT2D eigenvalue weighted by Gasteiger charge is 2.35. The van der Waals surface area contributed by atoms with Crippen molar-refractivity contribution < 1.29 is 9.84 Å². The molecule has 0 saturated carbocycles. The normalized spacial score (nSPS) is 25.5. The zero-order valence-corrected chi connectivity index (χ0v) is 10.5. The van der Waals surface area contributed by atoms with Crippen molar-refractivity contribution in [2.75, 3.05) is 46.0 Å². The summed E-state index contributed by atoms with van der Waals surface area (Å²) in [4.78, 5) is 2.32. The van der Waals surface area contributed by atoms with Gasteiger partial charge in [-0.1, -0.05) is 13.3 Å². The Bertz CT molecular complexity index is 182. The first-order chi connectivity index (χ1) is 7.76. The van der Waals surface area contributed by atoms with Gasteiger partial charge in [0.2, 0.25) is 0 Å². The molecule has 1 saturated heterocycles. The van der Waals surface area contributed by atoms with Crippen LogP contribution >= 0.6 is 0 Å². The molecular formula is C12H26N2O2. The number of unbranched alkanes of at least 4 members (excludes halogenated alkanes) is 1. The third-order valence-corrected chi connectivity index (χ3v) is 3.42. The first kappa shape index (κ1) is 13.9. The first-order valence-corrected chi connectivity index (χ1v) is 6.37. The minimum Gasteiger partial charge on any atom is -0.395 e. The van der Waals surface area contributed by atoms with Crippen LogP contribution < -0.4 is 5.73 Å². The molecule has 0 aromatic rings. The van der Waals surface area contributed by atoms with Crippen molar-refractivity contribution >= 4 is 0 Å². The van der Waals surface area contributed by atoms with Gasteiger partial charge in [0.25, 0.3) is 0 Å². The molecule has 0 amide bonds. The summed E-state index contributed by atoms with van der Waals surface area (Å²) in [6, 6.07) is 0. The zero-order valence-electron chi connectivity index (χ0n) is 10.5. The average Bonchev–Trinajstić information content (AvgIpc) is 2.75. The maximum Gasteiger partial charge on any atom is 0.0558 e. The molecule has 0 aliphatic carbocycles. The summed E-state index contributed by atoms with van der Waals surface area (Å²) in [5.41, 5.74) is 6.00. The minimum absolute atomic E-state index is 0.128. The number of nitrogens with zero attached hydrogens (tertiary/aromatic N) is 1. The van der Waals surface area contributed by atoms with Crippen LogP contribution in [0.2, 0.25) is 0 Å². The number of rotatable bonds is 8. The van der Waals surface area contributed by atoms with Gasteiger partial charge in [-0.3, -0.25) is 0 Å². The summed E-state index contributed by atoms with van der Waals surface area (Å²) in [6.45, 7) is 7.47. The van der Waals surface area contributed by atoms with Crippen LogP contribution in [0.5, 0.6) is 0 Å². The second kappa shape index (κ2) is 7.22. The van der Waals surface area contributed by atoms with E-state index >= 15 is 0 Å². The molecule has 4 nitrogen and oxygen atoms in total. The van der Waals surface area contributed by atoms with E-state index in [0.29, 0.717) is 6.54 Å². The Balaban J connectivity index is 2.44. The summed E-state index contributed by atoms with van der Waals surface area (Å²) in [6.07, 6.45) is 3.42. The molecule has 1 aliphatic rings. The molecule has 1 unspecified atom stereocenters. The van der Waals surface area contributed by atoms with Crippen molar-refractivity contribution in [3.8, 4) is 0 Å². The lowest BCUT2D eigenvalue weighted by molar-refractivity contribution is 0.102. The molecule has 0 bridgehead atoms. The van der Waals surface area contributed by atoms with Crippen LogP contribution in [0.4, 0.5) is 0 Å². The number of aliphatic hydroxyl groups excluding tert-OH is 1. The van der Waals surface area contributed by atoms with Crippen LogP contribution in [0.1, 0.15) is 26.2 Å². The number of ether oxygens (including phenoxy) is 1. The molecule has 1 heterocycles.